The van der Waals surface area contributed by atoms with Gasteiger partial charge in [0.25, 0.3) is 0 Å². The molecule has 0 radical (unpaired) electrons. The Labute approximate surface area is 88.0 Å². The number of halogens is 1. The Bertz CT molecular complexity index is 305. The van der Waals surface area contributed by atoms with Crippen LogP contribution in [-0.4, -0.2) is 10.3 Å². The molecule has 0 amide bonds. The second-order valence-electron chi connectivity index (χ2n) is 3.12. The van der Waals surface area contributed by atoms with Gasteiger partial charge in [-0.05, 0) is 43.0 Å². The first kappa shape index (κ1) is 10.5. The number of pyridine rings is 1. The Balaban J connectivity index is 2.82. The molecule has 0 N–H and O–H groups in total. The summed E-state index contributed by atoms with van der Waals surface area (Å²) in [4.78, 5) is 4.16. The summed E-state index contributed by atoms with van der Waals surface area (Å²) in [6.07, 6.45) is 7.08. The first-order valence-electron chi connectivity index (χ1n) is 4.39. The van der Waals surface area contributed by atoms with Crippen LogP contribution in [0.5, 0.6) is 0 Å². The molecule has 0 aliphatic rings. The zero-order chi connectivity index (χ0) is 9.68. The fourth-order valence-electron chi connectivity index (χ4n) is 1.16. The molecule has 0 fully saturated rings. The molecule has 0 aliphatic carbocycles. The van der Waals surface area contributed by atoms with E-state index in [4.69, 9.17) is 0 Å². The highest BCUT2D eigenvalue weighted by Crippen LogP contribution is 2.14. The SMILES string of the molecule is C/C(=C/CCBr)c1cncc(C)c1. The lowest BCUT2D eigenvalue weighted by Crippen LogP contribution is -1.84. The third-order valence-corrected chi connectivity index (χ3v) is 2.35. The van der Waals surface area contributed by atoms with E-state index in [1.807, 2.05) is 12.4 Å². The maximum absolute atomic E-state index is 4.16. The van der Waals surface area contributed by atoms with Gasteiger partial charge in [-0.15, -0.1) is 0 Å². The predicted octanol–water partition coefficient (Wildman–Crippen LogP) is 3.58. The summed E-state index contributed by atoms with van der Waals surface area (Å²) in [6, 6.07) is 2.16. The first-order chi connectivity index (χ1) is 6.24. The molecule has 0 saturated heterocycles. The molecule has 2 heteroatoms. The Morgan fingerprint density at radius 2 is 2.31 bits per heavy atom. The number of hydrogen-bond acceptors (Lipinski definition) is 1. The van der Waals surface area contributed by atoms with Gasteiger partial charge in [0.15, 0.2) is 0 Å². The van der Waals surface area contributed by atoms with Crippen molar-refractivity contribution in [3.05, 3.63) is 35.7 Å². The summed E-state index contributed by atoms with van der Waals surface area (Å²) in [6.45, 7) is 4.19. The highest BCUT2D eigenvalue weighted by atomic mass is 79.9. The lowest BCUT2D eigenvalue weighted by molar-refractivity contribution is 1.23. The van der Waals surface area contributed by atoms with Crippen molar-refractivity contribution in [1.29, 1.82) is 0 Å². The van der Waals surface area contributed by atoms with Crippen LogP contribution in [0, 0.1) is 6.92 Å². The summed E-state index contributed by atoms with van der Waals surface area (Å²) >= 11 is 3.40. The summed E-state index contributed by atoms with van der Waals surface area (Å²) in [5.74, 6) is 0. The molecule has 70 valence electrons. The number of nitrogens with zero attached hydrogens (tertiary/aromatic N) is 1. The Hall–Kier alpha value is -0.630. The molecule has 0 aromatic carbocycles. The molecule has 1 nitrogen and oxygen atoms in total. The minimum absolute atomic E-state index is 1.02. The zero-order valence-corrected chi connectivity index (χ0v) is 9.63. The van der Waals surface area contributed by atoms with Gasteiger partial charge >= 0.3 is 0 Å². The van der Waals surface area contributed by atoms with E-state index in [0.29, 0.717) is 0 Å². The quantitative estimate of drug-likeness (QED) is 0.736. The number of alkyl halides is 1. The molecule has 0 spiro atoms. The average molecular weight is 240 g/mol. The number of rotatable bonds is 3. The molecule has 1 heterocycles. The molecule has 1 aromatic rings. The van der Waals surface area contributed by atoms with E-state index in [9.17, 15) is 0 Å². The molecule has 0 aliphatic heterocycles. The molecule has 0 unspecified atom stereocenters. The summed E-state index contributed by atoms with van der Waals surface area (Å²) in [7, 11) is 0. The fraction of sp³-hybridized carbons (Fsp3) is 0.364. The van der Waals surface area contributed by atoms with Gasteiger partial charge in [0.1, 0.15) is 0 Å². The van der Waals surface area contributed by atoms with Crippen molar-refractivity contribution < 1.29 is 0 Å². The molecule has 13 heavy (non-hydrogen) atoms. The van der Waals surface area contributed by atoms with Crippen molar-refractivity contribution in [2.75, 3.05) is 5.33 Å². The minimum atomic E-state index is 1.02. The number of allylic oxidation sites excluding steroid dienone is 2. The third kappa shape index (κ3) is 3.31. The van der Waals surface area contributed by atoms with E-state index in [2.05, 4.69) is 46.9 Å². The van der Waals surface area contributed by atoms with E-state index < -0.39 is 0 Å². The first-order valence-corrected chi connectivity index (χ1v) is 5.51. The normalized spacial score (nSPS) is 11.8. The largest absolute Gasteiger partial charge is 0.264 e. The summed E-state index contributed by atoms with van der Waals surface area (Å²) < 4.78 is 0. The minimum Gasteiger partial charge on any atom is -0.264 e. The summed E-state index contributed by atoms with van der Waals surface area (Å²) in [5.41, 5.74) is 3.74. The Kier molecular flexibility index (Phi) is 4.16. The van der Waals surface area contributed by atoms with Gasteiger partial charge < -0.3 is 0 Å². The number of aromatic nitrogens is 1. The van der Waals surface area contributed by atoms with Crippen LogP contribution in [0.1, 0.15) is 24.5 Å². The Morgan fingerprint density at radius 1 is 1.54 bits per heavy atom. The van der Waals surface area contributed by atoms with Crippen LogP contribution in [0.25, 0.3) is 5.57 Å². The van der Waals surface area contributed by atoms with Crippen molar-refractivity contribution in [2.45, 2.75) is 20.3 Å². The van der Waals surface area contributed by atoms with Gasteiger partial charge in [0.05, 0.1) is 0 Å². The van der Waals surface area contributed by atoms with Gasteiger partial charge in [-0.2, -0.15) is 0 Å². The van der Waals surface area contributed by atoms with Crippen LogP contribution in [0.3, 0.4) is 0 Å². The van der Waals surface area contributed by atoms with Gasteiger partial charge in [-0.1, -0.05) is 22.0 Å². The van der Waals surface area contributed by atoms with E-state index in [0.717, 1.165) is 11.8 Å². The topological polar surface area (TPSA) is 12.9 Å². The Morgan fingerprint density at radius 3 is 2.92 bits per heavy atom. The third-order valence-electron chi connectivity index (χ3n) is 1.89. The number of aryl methyl sites for hydroxylation is 1. The van der Waals surface area contributed by atoms with E-state index in [1.165, 1.54) is 16.7 Å². The van der Waals surface area contributed by atoms with Crippen molar-refractivity contribution in [3.8, 4) is 0 Å². The monoisotopic (exact) mass is 239 g/mol. The van der Waals surface area contributed by atoms with Crippen molar-refractivity contribution >= 4 is 21.5 Å². The fourth-order valence-corrected chi connectivity index (χ4v) is 1.39. The van der Waals surface area contributed by atoms with Gasteiger partial charge in [0.2, 0.25) is 0 Å². The van der Waals surface area contributed by atoms with Crippen LogP contribution < -0.4 is 0 Å². The summed E-state index contributed by atoms with van der Waals surface area (Å²) in [5, 5.41) is 1.02. The highest BCUT2D eigenvalue weighted by molar-refractivity contribution is 9.09. The van der Waals surface area contributed by atoms with Crippen LogP contribution in [-0.2, 0) is 0 Å². The van der Waals surface area contributed by atoms with E-state index in [-0.39, 0.29) is 0 Å². The van der Waals surface area contributed by atoms with Gasteiger partial charge in [-0.25, -0.2) is 0 Å². The maximum Gasteiger partial charge on any atom is 0.0343 e. The maximum atomic E-state index is 4.16. The molecule has 1 aromatic heterocycles. The second-order valence-corrected chi connectivity index (χ2v) is 3.91. The zero-order valence-electron chi connectivity index (χ0n) is 8.05. The molecule has 1 rings (SSSR count). The lowest BCUT2D eigenvalue weighted by Gasteiger charge is -2.01. The standard InChI is InChI=1S/C11H14BrN/c1-9-6-11(8-13-7-9)10(2)4-3-5-12/h4,6-8H,3,5H2,1-2H3/b10-4-. The van der Waals surface area contributed by atoms with Crippen LogP contribution >= 0.6 is 15.9 Å². The van der Waals surface area contributed by atoms with Crippen molar-refractivity contribution in [2.24, 2.45) is 0 Å². The molecule has 0 atom stereocenters. The second kappa shape index (κ2) is 5.18. The van der Waals surface area contributed by atoms with Crippen LogP contribution in [0.15, 0.2) is 24.5 Å². The molecule has 0 saturated carbocycles. The van der Waals surface area contributed by atoms with Gasteiger partial charge in [0, 0.05) is 17.7 Å². The number of hydrogen-bond donors (Lipinski definition) is 0. The van der Waals surface area contributed by atoms with E-state index in [1.54, 1.807) is 0 Å². The highest BCUT2D eigenvalue weighted by Gasteiger charge is 1.95. The van der Waals surface area contributed by atoms with Gasteiger partial charge in [-0.3, -0.25) is 4.98 Å². The van der Waals surface area contributed by atoms with Crippen LogP contribution in [0.2, 0.25) is 0 Å². The molecular weight excluding hydrogens is 226 g/mol. The smallest absolute Gasteiger partial charge is 0.0343 e. The van der Waals surface area contributed by atoms with E-state index >= 15 is 0 Å². The van der Waals surface area contributed by atoms with Crippen molar-refractivity contribution in [1.82, 2.24) is 4.98 Å². The molecule has 0 bridgehead atoms. The predicted molar refractivity (Wildman–Crippen MR) is 61.0 cm³/mol. The van der Waals surface area contributed by atoms with Crippen LogP contribution in [0.4, 0.5) is 0 Å². The lowest BCUT2D eigenvalue weighted by atomic mass is 10.1. The average Bonchev–Trinajstić information content (AvgIpc) is 2.14. The molecular formula is C11H14BrN. The van der Waals surface area contributed by atoms with Crippen molar-refractivity contribution in [3.63, 3.8) is 0 Å².